The third-order valence-corrected chi connectivity index (χ3v) is 5.80. The van der Waals surface area contributed by atoms with Crippen LogP contribution in [0.15, 0.2) is 42.2 Å². The van der Waals surface area contributed by atoms with Gasteiger partial charge in [-0.05, 0) is 39.3 Å². The van der Waals surface area contributed by atoms with Crippen LogP contribution in [0.2, 0.25) is 0 Å². The lowest BCUT2D eigenvalue weighted by Crippen LogP contribution is -2.55. The van der Waals surface area contributed by atoms with Crippen LogP contribution in [0.4, 0.5) is 0 Å². The van der Waals surface area contributed by atoms with Gasteiger partial charge in [0.25, 0.3) is 5.91 Å². The second kappa shape index (κ2) is 8.08. The maximum Gasteiger partial charge on any atom is 0.257 e. The number of likely N-dealkylation sites (tertiary alicyclic amines) is 1. The zero-order chi connectivity index (χ0) is 20.4. The maximum atomic E-state index is 13.3. The zero-order valence-corrected chi connectivity index (χ0v) is 17.5. The Bertz CT molecular complexity index is 903. The van der Waals surface area contributed by atoms with Crippen LogP contribution in [0.3, 0.4) is 0 Å². The van der Waals surface area contributed by atoms with E-state index in [1.54, 1.807) is 17.1 Å². The van der Waals surface area contributed by atoms with Crippen LogP contribution in [-0.4, -0.2) is 75.4 Å². The summed E-state index contributed by atoms with van der Waals surface area (Å²) in [6, 6.07) is 5.67. The lowest BCUT2D eigenvalue weighted by Gasteiger charge is -2.40. The molecule has 0 aliphatic carbocycles. The first-order valence-electron chi connectivity index (χ1n) is 10.2. The Balaban J connectivity index is 1.48. The van der Waals surface area contributed by atoms with E-state index in [1.165, 1.54) is 5.57 Å². The van der Waals surface area contributed by atoms with Gasteiger partial charge in [0.2, 0.25) is 0 Å². The minimum atomic E-state index is -0.256. The molecule has 2 aromatic heterocycles. The molecule has 0 bridgehead atoms. The molecular formula is C22H29N5O2. The van der Waals surface area contributed by atoms with E-state index < -0.39 is 0 Å². The van der Waals surface area contributed by atoms with Gasteiger partial charge in [-0.25, -0.2) is 9.67 Å². The number of allylic oxidation sites excluding steroid dienone is 1. The molecule has 29 heavy (non-hydrogen) atoms. The van der Waals surface area contributed by atoms with Crippen LogP contribution in [0.1, 0.15) is 36.3 Å². The SMILES string of the molecule is CC(C)=CCN1CCC2(C1)CN(C(=O)c1cnn(-c3ccccn3)c1C)CCO2. The molecule has 0 N–H and O–H groups in total. The summed E-state index contributed by atoms with van der Waals surface area (Å²) in [5.74, 6) is 0.739. The van der Waals surface area contributed by atoms with Gasteiger partial charge in [0.15, 0.2) is 5.82 Å². The summed E-state index contributed by atoms with van der Waals surface area (Å²) in [5.41, 5.74) is 2.51. The van der Waals surface area contributed by atoms with Crippen molar-refractivity contribution < 1.29 is 9.53 Å². The summed E-state index contributed by atoms with van der Waals surface area (Å²) in [7, 11) is 0. The van der Waals surface area contributed by atoms with Gasteiger partial charge in [-0.3, -0.25) is 9.69 Å². The van der Waals surface area contributed by atoms with Crippen LogP contribution in [-0.2, 0) is 4.74 Å². The molecule has 4 heterocycles. The van der Waals surface area contributed by atoms with Crippen molar-refractivity contribution in [2.24, 2.45) is 0 Å². The normalized spacial score (nSPS) is 22.2. The molecule has 2 saturated heterocycles. The van der Waals surface area contributed by atoms with Crippen LogP contribution >= 0.6 is 0 Å². The second-order valence-corrected chi connectivity index (χ2v) is 8.27. The largest absolute Gasteiger partial charge is 0.370 e. The van der Waals surface area contributed by atoms with Gasteiger partial charge >= 0.3 is 0 Å². The summed E-state index contributed by atoms with van der Waals surface area (Å²) in [4.78, 5) is 22.0. The summed E-state index contributed by atoms with van der Waals surface area (Å²) >= 11 is 0. The minimum Gasteiger partial charge on any atom is -0.370 e. The Labute approximate surface area is 172 Å². The molecule has 2 aromatic rings. The van der Waals surface area contributed by atoms with Crippen LogP contribution in [0.5, 0.6) is 0 Å². The van der Waals surface area contributed by atoms with Crippen molar-refractivity contribution in [3.05, 3.63) is 53.5 Å². The predicted octanol–water partition coefficient (Wildman–Crippen LogP) is 2.46. The van der Waals surface area contributed by atoms with Crippen LogP contribution in [0.25, 0.3) is 5.82 Å². The lowest BCUT2D eigenvalue weighted by atomic mass is 10.00. The van der Waals surface area contributed by atoms with E-state index in [1.807, 2.05) is 30.0 Å². The topological polar surface area (TPSA) is 63.5 Å². The fourth-order valence-electron chi connectivity index (χ4n) is 4.16. The molecule has 0 radical (unpaired) electrons. The Morgan fingerprint density at radius 1 is 1.28 bits per heavy atom. The smallest absolute Gasteiger partial charge is 0.257 e. The van der Waals surface area contributed by atoms with E-state index in [4.69, 9.17) is 4.74 Å². The highest BCUT2D eigenvalue weighted by molar-refractivity contribution is 5.95. The van der Waals surface area contributed by atoms with Gasteiger partial charge in [0.05, 0.1) is 36.2 Å². The van der Waals surface area contributed by atoms with Crippen molar-refractivity contribution >= 4 is 5.91 Å². The molecule has 1 spiro atoms. The molecule has 1 amide bonds. The number of aromatic nitrogens is 3. The van der Waals surface area contributed by atoms with Crippen molar-refractivity contribution in [1.82, 2.24) is 24.6 Å². The first-order valence-corrected chi connectivity index (χ1v) is 10.2. The third-order valence-electron chi connectivity index (χ3n) is 5.80. The molecule has 0 aromatic carbocycles. The van der Waals surface area contributed by atoms with Gasteiger partial charge in [0, 0.05) is 32.4 Å². The van der Waals surface area contributed by atoms with E-state index in [2.05, 4.69) is 34.9 Å². The fourth-order valence-corrected chi connectivity index (χ4v) is 4.16. The van der Waals surface area contributed by atoms with E-state index in [-0.39, 0.29) is 11.5 Å². The average molecular weight is 396 g/mol. The summed E-state index contributed by atoms with van der Waals surface area (Å²) in [5, 5.41) is 4.40. The predicted molar refractivity (Wildman–Crippen MR) is 111 cm³/mol. The Morgan fingerprint density at radius 3 is 2.90 bits per heavy atom. The second-order valence-electron chi connectivity index (χ2n) is 8.27. The summed E-state index contributed by atoms with van der Waals surface area (Å²) in [6.45, 7) is 10.8. The molecule has 2 aliphatic heterocycles. The number of nitrogens with zero attached hydrogens (tertiary/aromatic N) is 5. The molecule has 7 heteroatoms. The van der Waals surface area contributed by atoms with Crippen molar-refractivity contribution in [2.45, 2.75) is 32.8 Å². The quantitative estimate of drug-likeness (QED) is 0.744. The van der Waals surface area contributed by atoms with Crippen LogP contribution in [0, 0.1) is 6.92 Å². The van der Waals surface area contributed by atoms with Crippen LogP contribution < -0.4 is 0 Å². The highest BCUT2D eigenvalue weighted by Gasteiger charge is 2.44. The molecule has 1 atom stereocenters. The highest BCUT2D eigenvalue weighted by atomic mass is 16.5. The number of hydrogen-bond acceptors (Lipinski definition) is 5. The van der Waals surface area contributed by atoms with Crippen molar-refractivity contribution in [2.75, 3.05) is 39.3 Å². The minimum absolute atomic E-state index is 0.0232. The number of amides is 1. The van der Waals surface area contributed by atoms with E-state index in [0.717, 1.165) is 31.7 Å². The molecule has 0 saturated carbocycles. The number of pyridine rings is 1. The average Bonchev–Trinajstić information content (AvgIpc) is 3.30. The van der Waals surface area contributed by atoms with Crippen molar-refractivity contribution in [3.8, 4) is 5.82 Å². The molecule has 4 rings (SSSR count). The number of carbonyl (C=O) groups is 1. The molecule has 2 aliphatic rings. The van der Waals surface area contributed by atoms with E-state index in [0.29, 0.717) is 31.1 Å². The van der Waals surface area contributed by atoms with Gasteiger partial charge in [-0.15, -0.1) is 0 Å². The monoisotopic (exact) mass is 395 g/mol. The van der Waals surface area contributed by atoms with Crippen molar-refractivity contribution in [3.63, 3.8) is 0 Å². The Hall–Kier alpha value is -2.51. The van der Waals surface area contributed by atoms with E-state index >= 15 is 0 Å². The maximum absolute atomic E-state index is 13.3. The van der Waals surface area contributed by atoms with E-state index in [9.17, 15) is 4.79 Å². The molecule has 1 unspecified atom stereocenters. The zero-order valence-electron chi connectivity index (χ0n) is 17.5. The summed E-state index contributed by atoms with van der Waals surface area (Å²) in [6.07, 6.45) is 6.59. The van der Waals surface area contributed by atoms with Gasteiger partial charge < -0.3 is 9.64 Å². The Kier molecular flexibility index (Phi) is 5.52. The lowest BCUT2D eigenvalue weighted by molar-refractivity contribution is -0.0913. The summed E-state index contributed by atoms with van der Waals surface area (Å²) < 4.78 is 7.92. The number of carbonyl (C=O) groups excluding carboxylic acids is 1. The van der Waals surface area contributed by atoms with Gasteiger partial charge in [-0.1, -0.05) is 17.7 Å². The number of ether oxygens (including phenoxy) is 1. The standard InChI is InChI=1S/C22H29N5O2/c1-17(2)7-10-25-11-8-22(15-25)16-26(12-13-29-22)21(28)19-14-24-27(18(19)3)20-6-4-5-9-23-20/h4-7,9,14H,8,10-13,15-16H2,1-3H3. The van der Waals surface area contributed by atoms with Crippen molar-refractivity contribution in [1.29, 1.82) is 0 Å². The molecular weight excluding hydrogens is 366 g/mol. The molecule has 7 nitrogen and oxygen atoms in total. The first kappa shape index (κ1) is 19.8. The van der Waals surface area contributed by atoms with Gasteiger partial charge in [-0.2, -0.15) is 5.10 Å². The first-order chi connectivity index (χ1) is 14.0. The fraction of sp³-hybridized carbons (Fsp3) is 0.500. The molecule has 154 valence electrons. The van der Waals surface area contributed by atoms with Gasteiger partial charge in [0.1, 0.15) is 0 Å². The third kappa shape index (κ3) is 4.11. The number of morpholine rings is 1. The Morgan fingerprint density at radius 2 is 2.14 bits per heavy atom. The number of hydrogen-bond donors (Lipinski definition) is 0. The molecule has 2 fully saturated rings. The highest BCUT2D eigenvalue weighted by Crippen LogP contribution is 2.30. The number of rotatable bonds is 4.